The highest BCUT2D eigenvalue weighted by Crippen LogP contribution is 2.30. The molecule has 1 atom stereocenters. The Bertz CT molecular complexity index is 818. The SMILES string of the molecule is CCN(CC1=C(C(=O)OC)C(c2cccs2)NC(=O)N1)Cc1ccccc1. The Kier molecular flexibility index (Phi) is 6.26. The molecule has 6 nitrogen and oxygen atoms in total. The Balaban J connectivity index is 1.92. The van der Waals surface area contributed by atoms with Gasteiger partial charge in [-0.05, 0) is 23.6 Å². The Morgan fingerprint density at radius 1 is 1.19 bits per heavy atom. The van der Waals surface area contributed by atoms with Gasteiger partial charge in [-0.25, -0.2) is 9.59 Å². The molecule has 0 saturated heterocycles. The number of likely N-dealkylation sites (N-methyl/N-ethyl adjacent to an activating group) is 1. The second kappa shape index (κ2) is 8.83. The fraction of sp³-hybridized carbons (Fsp3) is 0.300. The molecule has 0 spiro atoms. The molecule has 1 aliphatic rings. The fourth-order valence-corrected chi connectivity index (χ4v) is 3.89. The van der Waals surface area contributed by atoms with Gasteiger partial charge in [0.15, 0.2) is 0 Å². The van der Waals surface area contributed by atoms with Crippen LogP contribution in [0.25, 0.3) is 0 Å². The van der Waals surface area contributed by atoms with E-state index >= 15 is 0 Å². The van der Waals surface area contributed by atoms with Gasteiger partial charge in [0.2, 0.25) is 0 Å². The Morgan fingerprint density at radius 2 is 1.96 bits per heavy atom. The number of carbonyl (C=O) groups excluding carboxylic acids is 2. The van der Waals surface area contributed by atoms with Crippen molar-refractivity contribution in [1.82, 2.24) is 15.5 Å². The number of ether oxygens (including phenoxy) is 1. The first-order chi connectivity index (χ1) is 13.1. The smallest absolute Gasteiger partial charge is 0.338 e. The van der Waals surface area contributed by atoms with Gasteiger partial charge in [0.05, 0.1) is 18.7 Å². The summed E-state index contributed by atoms with van der Waals surface area (Å²) in [5.41, 5.74) is 2.21. The molecular formula is C20H23N3O3S. The van der Waals surface area contributed by atoms with Gasteiger partial charge in [-0.2, -0.15) is 0 Å². The van der Waals surface area contributed by atoms with Crippen LogP contribution in [0.5, 0.6) is 0 Å². The summed E-state index contributed by atoms with van der Waals surface area (Å²) >= 11 is 1.49. The lowest BCUT2D eigenvalue weighted by molar-refractivity contribution is -0.136. The number of benzene rings is 1. The first-order valence-electron chi connectivity index (χ1n) is 8.81. The number of urea groups is 1. The minimum absolute atomic E-state index is 0.313. The van der Waals surface area contributed by atoms with Crippen molar-refractivity contribution in [2.75, 3.05) is 20.2 Å². The molecule has 7 heteroatoms. The molecule has 0 fully saturated rings. The van der Waals surface area contributed by atoms with Crippen molar-refractivity contribution in [3.8, 4) is 0 Å². The van der Waals surface area contributed by atoms with Gasteiger partial charge < -0.3 is 15.4 Å². The van der Waals surface area contributed by atoms with Crippen LogP contribution in [0.2, 0.25) is 0 Å². The van der Waals surface area contributed by atoms with Crippen LogP contribution in [-0.2, 0) is 16.1 Å². The van der Waals surface area contributed by atoms with Crippen molar-refractivity contribution in [2.45, 2.75) is 19.5 Å². The molecule has 0 aliphatic carbocycles. The third-order valence-electron chi connectivity index (χ3n) is 4.46. The minimum atomic E-state index is -0.503. The fourth-order valence-electron chi connectivity index (χ4n) is 3.11. The van der Waals surface area contributed by atoms with E-state index in [1.165, 1.54) is 24.0 Å². The molecule has 0 saturated carbocycles. The van der Waals surface area contributed by atoms with Gasteiger partial charge in [0.25, 0.3) is 0 Å². The van der Waals surface area contributed by atoms with Crippen molar-refractivity contribution in [2.24, 2.45) is 0 Å². The minimum Gasteiger partial charge on any atom is -0.466 e. The van der Waals surface area contributed by atoms with Crippen LogP contribution in [0.1, 0.15) is 23.4 Å². The molecule has 2 amide bonds. The summed E-state index contributed by atoms with van der Waals surface area (Å²) in [6, 6.07) is 13.1. The van der Waals surface area contributed by atoms with E-state index < -0.39 is 12.0 Å². The summed E-state index contributed by atoms with van der Waals surface area (Å²) < 4.78 is 5.01. The highest BCUT2D eigenvalue weighted by atomic mass is 32.1. The first-order valence-corrected chi connectivity index (χ1v) is 9.69. The predicted molar refractivity (Wildman–Crippen MR) is 105 cm³/mol. The maximum absolute atomic E-state index is 12.5. The second-order valence-electron chi connectivity index (χ2n) is 6.22. The van der Waals surface area contributed by atoms with Crippen LogP contribution in [0.3, 0.4) is 0 Å². The van der Waals surface area contributed by atoms with E-state index in [9.17, 15) is 9.59 Å². The van der Waals surface area contributed by atoms with E-state index in [0.717, 1.165) is 18.0 Å². The molecule has 1 aromatic heterocycles. The maximum atomic E-state index is 12.5. The molecule has 1 unspecified atom stereocenters. The summed E-state index contributed by atoms with van der Waals surface area (Å²) in [6.07, 6.45) is 0. The van der Waals surface area contributed by atoms with Crippen LogP contribution in [0.4, 0.5) is 4.79 Å². The zero-order valence-electron chi connectivity index (χ0n) is 15.4. The van der Waals surface area contributed by atoms with Gasteiger partial charge in [-0.1, -0.05) is 43.3 Å². The number of carbonyl (C=O) groups is 2. The molecular weight excluding hydrogens is 362 g/mol. The molecule has 27 heavy (non-hydrogen) atoms. The van der Waals surface area contributed by atoms with Gasteiger partial charge in [0, 0.05) is 23.7 Å². The predicted octanol–water partition coefficient (Wildman–Crippen LogP) is 3.05. The van der Waals surface area contributed by atoms with E-state index in [4.69, 9.17) is 4.74 Å². The van der Waals surface area contributed by atoms with Gasteiger partial charge in [-0.3, -0.25) is 4.90 Å². The van der Waals surface area contributed by atoms with E-state index in [1.54, 1.807) is 0 Å². The van der Waals surface area contributed by atoms with Crippen LogP contribution >= 0.6 is 11.3 Å². The lowest BCUT2D eigenvalue weighted by Crippen LogP contribution is -2.48. The molecule has 142 valence electrons. The third-order valence-corrected chi connectivity index (χ3v) is 5.40. The summed E-state index contributed by atoms with van der Waals surface area (Å²) in [6.45, 7) is 4.01. The monoisotopic (exact) mass is 385 g/mol. The molecule has 0 bridgehead atoms. The van der Waals surface area contributed by atoms with E-state index in [-0.39, 0.29) is 6.03 Å². The van der Waals surface area contributed by atoms with Gasteiger partial charge >= 0.3 is 12.0 Å². The number of hydrogen-bond donors (Lipinski definition) is 2. The number of rotatable bonds is 7. The summed E-state index contributed by atoms with van der Waals surface area (Å²) in [5.74, 6) is -0.438. The summed E-state index contributed by atoms with van der Waals surface area (Å²) in [4.78, 5) is 27.8. The first kappa shape index (κ1) is 19.1. The van der Waals surface area contributed by atoms with Crippen molar-refractivity contribution in [1.29, 1.82) is 0 Å². The Hall–Kier alpha value is -2.64. The number of hydrogen-bond acceptors (Lipinski definition) is 5. The zero-order valence-corrected chi connectivity index (χ0v) is 16.2. The third kappa shape index (κ3) is 4.56. The zero-order chi connectivity index (χ0) is 19.2. The largest absolute Gasteiger partial charge is 0.466 e. The van der Waals surface area contributed by atoms with Crippen LogP contribution in [-0.4, -0.2) is 37.1 Å². The lowest BCUT2D eigenvalue weighted by atomic mass is 10.0. The number of nitrogens with one attached hydrogen (secondary N) is 2. The van der Waals surface area contributed by atoms with Crippen LogP contribution < -0.4 is 10.6 Å². The summed E-state index contributed by atoms with van der Waals surface area (Å²) in [5, 5.41) is 7.58. The number of esters is 1. The average molecular weight is 385 g/mol. The normalized spacial score (nSPS) is 16.9. The van der Waals surface area contributed by atoms with Crippen molar-refractivity contribution in [3.63, 3.8) is 0 Å². The Labute approximate surface area is 162 Å². The van der Waals surface area contributed by atoms with Crippen molar-refractivity contribution >= 4 is 23.3 Å². The van der Waals surface area contributed by atoms with Crippen molar-refractivity contribution in [3.05, 3.63) is 69.6 Å². The number of thiophene rings is 1. The van der Waals surface area contributed by atoms with E-state index in [1.807, 2.05) is 35.7 Å². The maximum Gasteiger partial charge on any atom is 0.338 e. The van der Waals surface area contributed by atoms with Crippen LogP contribution in [0.15, 0.2) is 59.1 Å². The molecule has 1 aromatic carbocycles. The highest BCUT2D eigenvalue weighted by Gasteiger charge is 2.34. The molecule has 1 aliphatic heterocycles. The number of methoxy groups -OCH3 is 1. The quantitative estimate of drug-likeness (QED) is 0.719. The standard InChI is InChI=1S/C20H23N3O3S/c1-3-23(12-14-8-5-4-6-9-14)13-15-17(19(24)26-2)18(22-20(25)21-15)16-10-7-11-27-16/h4-11,18H,3,12-13H2,1-2H3,(H2,21,22,25). The number of amides is 2. The van der Waals surface area contributed by atoms with Crippen LogP contribution in [0, 0.1) is 0 Å². The Morgan fingerprint density at radius 3 is 2.59 bits per heavy atom. The van der Waals surface area contributed by atoms with Crippen molar-refractivity contribution < 1.29 is 14.3 Å². The van der Waals surface area contributed by atoms with Gasteiger partial charge in [0.1, 0.15) is 0 Å². The lowest BCUT2D eigenvalue weighted by Gasteiger charge is -2.31. The molecule has 2 aromatic rings. The van der Waals surface area contributed by atoms with E-state index in [0.29, 0.717) is 17.8 Å². The molecule has 0 radical (unpaired) electrons. The molecule has 2 N–H and O–H groups in total. The highest BCUT2D eigenvalue weighted by molar-refractivity contribution is 7.10. The van der Waals surface area contributed by atoms with Gasteiger partial charge in [-0.15, -0.1) is 11.3 Å². The summed E-state index contributed by atoms with van der Waals surface area (Å²) in [7, 11) is 1.36. The topological polar surface area (TPSA) is 70.7 Å². The molecule has 3 rings (SSSR count). The number of nitrogens with zero attached hydrogens (tertiary/aromatic N) is 1. The molecule has 2 heterocycles. The average Bonchev–Trinajstić information content (AvgIpc) is 3.22. The van der Waals surface area contributed by atoms with E-state index in [2.05, 4.69) is 34.6 Å². The second-order valence-corrected chi connectivity index (χ2v) is 7.20.